The van der Waals surface area contributed by atoms with Crippen molar-refractivity contribution in [3.63, 3.8) is 0 Å². The predicted molar refractivity (Wildman–Crippen MR) is 115 cm³/mol. The first kappa shape index (κ1) is 23.8. The quantitative estimate of drug-likeness (QED) is 0.247. The van der Waals surface area contributed by atoms with E-state index in [1.165, 1.54) is 11.2 Å². The largest absolute Gasteiger partial charge is 0.453 e. The van der Waals surface area contributed by atoms with E-state index in [0.29, 0.717) is 5.56 Å². The zero-order valence-corrected chi connectivity index (χ0v) is 18.4. The fourth-order valence-electron chi connectivity index (χ4n) is 3.78. The van der Waals surface area contributed by atoms with E-state index in [9.17, 15) is 26.7 Å². The van der Waals surface area contributed by atoms with E-state index in [0.717, 1.165) is 23.7 Å². The molecule has 1 atom stereocenters. The van der Waals surface area contributed by atoms with Crippen LogP contribution in [-0.2, 0) is 11.2 Å². The highest BCUT2D eigenvalue weighted by Crippen LogP contribution is 2.40. The van der Waals surface area contributed by atoms with E-state index in [2.05, 4.69) is 30.4 Å². The molecule has 2 aliphatic rings. The molecular weight excluding hydrogens is 491 g/mol. The average Bonchev–Trinajstić information content (AvgIpc) is 3.45. The van der Waals surface area contributed by atoms with Gasteiger partial charge in [0.15, 0.2) is 11.5 Å². The molecule has 5 rings (SSSR count). The number of hydrazine groups is 1. The Hall–Kier alpha value is -3.95. The minimum absolute atomic E-state index is 0.00589. The SMILES string of the molecule is Nc1nc(-c2cn3ncnc3c(CCC(F)(F)C(F)(F)F)n2)nc2c1C(/C=C/N(N)C1CC1)C(=O)N2. The molecule has 0 radical (unpaired) electrons. The van der Waals surface area contributed by atoms with Crippen molar-refractivity contribution in [2.75, 3.05) is 11.1 Å². The zero-order chi connectivity index (χ0) is 25.8. The lowest BCUT2D eigenvalue weighted by molar-refractivity contribution is -0.284. The van der Waals surface area contributed by atoms with Crippen molar-refractivity contribution in [1.29, 1.82) is 0 Å². The van der Waals surface area contributed by atoms with Crippen molar-refractivity contribution in [3.8, 4) is 11.5 Å². The lowest BCUT2D eigenvalue weighted by Gasteiger charge is -2.19. The van der Waals surface area contributed by atoms with Crippen LogP contribution < -0.4 is 16.9 Å². The van der Waals surface area contributed by atoms with Crippen molar-refractivity contribution in [2.45, 2.75) is 49.7 Å². The van der Waals surface area contributed by atoms with E-state index in [-0.39, 0.29) is 40.5 Å². The Morgan fingerprint density at radius 2 is 1.94 bits per heavy atom. The van der Waals surface area contributed by atoms with Crippen LogP contribution in [0, 0.1) is 0 Å². The van der Waals surface area contributed by atoms with Crippen LogP contribution in [0.3, 0.4) is 0 Å². The molecule has 1 amide bonds. The number of carbonyl (C=O) groups is 1. The van der Waals surface area contributed by atoms with Crippen LogP contribution in [0.1, 0.15) is 36.4 Å². The first-order valence-electron chi connectivity index (χ1n) is 10.8. The average molecular weight is 510 g/mol. The first-order chi connectivity index (χ1) is 16.9. The fraction of sp³-hybridized carbons (Fsp3) is 0.400. The van der Waals surface area contributed by atoms with Gasteiger partial charge in [-0.05, 0) is 19.3 Å². The first-order valence-corrected chi connectivity index (χ1v) is 10.8. The summed E-state index contributed by atoms with van der Waals surface area (Å²) >= 11 is 0. The number of alkyl halides is 5. The number of amides is 1. The van der Waals surface area contributed by atoms with Gasteiger partial charge in [0, 0.05) is 18.7 Å². The number of hydrogen-bond acceptors (Lipinski definition) is 9. The molecule has 3 aromatic heterocycles. The van der Waals surface area contributed by atoms with Gasteiger partial charge in [0.2, 0.25) is 5.91 Å². The van der Waals surface area contributed by atoms with Crippen LogP contribution >= 0.6 is 0 Å². The number of rotatable bonds is 7. The molecule has 190 valence electrons. The predicted octanol–water partition coefficient (Wildman–Crippen LogP) is 2.18. The molecule has 3 aromatic rings. The highest BCUT2D eigenvalue weighted by molar-refractivity contribution is 6.04. The third kappa shape index (κ3) is 4.27. The Bertz CT molecular complexity index is 1370. The van der Waals surface area contributed by atoms with Crippen molar-refractivity contribution in [3.05, 3.63) is 36.1 Å². The van der Waals surface area contributed by atoms with Crippen LogP contribution in [-0.4, -0.2) is 58.6 Å². The number of hydrogen-bond donors (Lipinski definition) is 3. The number of aromatic nitrogens is 6. The number of nitrogens with one attached hydrogen (secondary N) is 1. The van der Waals surface area contributed by atoms with Gasteiger partial charge in [-0.3, -0.25) is 4.79 Å². The van der Waals surface area contributed by atoms with E-state index in [4.69, 9.17) is 11.6 Å². The summed E-state index contributed by atoms with van der Waals surface area (Å²) in [6, 6.07) is 0.226. The molecule has 4 heterocycles. The van der Waals surface area contributed by atoms with Gasteiger partial charge in [0.25, 0.3) is 0 Å². The van der Waals surface area contributed by atoms with Crippen molar-refractivity contribution < 1.29 is 26.7 Å². The van der Waals surface area contributed by atoms with Crippen molar-refractivity contribution >= 4 is 23.2 Å². The van der Waals surface area contributed by atoms with Gasteiger partial charge in [-0.25, -0.2) is 30.3 Å². The van der Waals surface area contributed by atoms with Gasteiger partial charge in [0.1, 0.15) is 23.7 Å². The maximum atomic E-state index is 13.5. The van der Waals surface area contributed by atoms with Gasteiger partial charge < -0.3 is 16.1 Å². The molecule has 0 spiro atoms. The maximum absolute atomic E-state index is 13.5. The molecule has 36 heavy (non-hydrogen) atoms. The molecule has 11 nitrogen and oxygen atoms in total. The number of nitrogen functional groups attached to an aromatic ring is 1. The molecule has 1 saturated carbocycles. The number of nitrogens with zero attached hydrogens (tertiary/aromatic N) is 7. The highest BCUT2D eigenvalue weighted by atomic mass is 19.4. The van der Waals surface area contributed by atoms with Crippen LogP contribution in [0.4, 0.5) is 33.6 Å². The number of nitrogens with two attached hydrogens (primary N) is 2. The number of aryl methyl sites for hydroxylation is 1. The van der Waals surface area contributed by atoms with Gasteiger partial charge in [-0.1, -0.05) is 6.08 Å². The lowest BCUT2D eigenvalue weighted by atomic mass is 10.0. The highest BCUT2D eigenvalue weighted by Gasteiger charge is 2.56. The normalized spacial score (nSPS) is 18.2. The summed E-state index contributed by atoms with van der Waals surface area (Å²) in [4.78, 5) is 29.1. The number of halogens is 5. The van der Waals surface area contributed by atoms with Gasteiger partial charge in [-0.15, -0.1) is 0 Å². The Labute approximate surface area is 199 Å². The van der Waals surface area contributed by atoms with E-state index in [1.807, 2.05) is 0 Å². The Morgan fingerprint density at radius 1 is 1.19 bits per heavy atom. The lowest BCUT2D eigenvalue weighted by Crippen LogP contribution is -2.36. The van der Waals surface area contributed by atoms with E-state index < -0.39 is 36.8 Å². The molecule has 0 aromatic carbocycles. The van der Waals surface area contributed by atoms with Crippen LogP contribution in [0.5, 0.6) is 0 Å². The van der Waals surface area contributed by atoms with Crippen molar-refractivity contribution in [2.24, 2.45) is 5.84 Å². The van der Waals surface area contributed by atoms with E-state index >= 15 is 0 Å². The standard InChI is InChI=1S/C20H19F5N10O/c21-19(22,20(23,24)25)5-3-11-17-28-8-29-35(17)7-12(30-11)15-31-14(26)13-10(18(36)33-16(13)32-15)4-6-34(27)9-1-2-9/h4,6-10H,1-3,5,27H2,(H3,26,31,32,33,36)/b6-4+. The van der Waals surface area contributed by atoms with Crippen LogP contribution in [0.25, 0.3) is 17.2 Å². The minimum Gasteiger partial charge on any atom is -0.383 e. The van der Waals surface area contributed by atoms with E-state index in [1.54, 1.807) is 12.3 Å². The molecule has 1 aliphatic heterocycles. The Morgan fingerprint density at radius 3 is 2.64 bits per heavy atom. The summed E-state index contributed by atoms with van der Waals surface area (Å²) < 4.78 is 66.1. The molecule has 0 bridgehead atoms. The summed E-state index contributed by atoms with van der Waals surface area (Å²) in [7, 11) is 0. The molecule has 1 unspecified atom stereocenters. The molecule has 16 heteroatoms. The number of anilines is 2. The third-order valence-electron chi connectivity index (χ3n) is 5.88. The van der Waals surface area contributed by atoms with Gasteiger partial charge >= 0.3 is 12.1 Å². The smallest absolute Gasteiger partial charge is 0.383 e. The summed E-state index contributed by atoms with van der Waals surface area (Å²) in [6.45, 7) is 0. The topological polar surface area (TPSA) is 153 Å². The summed E-state index contributed by atoms with van der Waals surface area (Å²) in [5.74, 6) is -0.201. The van der Waals surface area contributed by atoms with Gasteiger partial charge in [-0.2, -0.15) is 27.1 Å². The number of fused-ring (bicyclic) bond motifs is 2. The second-order valence-corrected chi connectivity index (χ2v) is 8.48. The summed E-state index contributed by atoms with van der Waals surface area (Å²) in [6.07, 6.45) is -0.465. The second-order valence-electron chi connectivity index (χ2n) is 8.48. The zero-order valence-electron chi connectivity index (χ0n) is 18.4. The molecular formula is C20H19F5N10O. The monoisotopic (exact) mass is 510 g/mol. The number of carbonyl (C=O) groups excluding carboxylic acids is 1. The van der Waals surface area contributed by atoms with Crippen LogP contribution in [0.2, 0.25) is 0 Å². The van der Waals surface area contributed by atoms with Crippen LogP contribution in [0.15, 0.2) is 24.8 Å². The minimum atomic E-state index is -5.70. The molecule has 5 N–H and O–H groups in total. The van der Waals surface area contributed by atoms with Gasteiger partial charge in [0.05, 0.1) is 23.4 Å². The van der Waals surface area contributed by atoms with Crippen molar-refractivity contribution in [1.82, 2.24) is 34.6 Å². The Kier molecular flexibility index (Phi) is 5.50. The summed E-state index contributed by atoms with van der Waals surface area (Å²) in [5, 5.41) is 8.03. The molecule has 1 fully saturated rings. The molecule has 1 aliphatic carbocycles. The third-order valence-corrected chi connectivity index (χ3v) is 5.88. The maximum Gasteiger partial charge on any atom is 0.453 e. The second kappa shape index (κ2) is 8.32. The molecule has 0 saturated heterocycles. The summed E-state index contributed by atoms with van der Waals surface area (Å²) in [5.41, 5.74) is 6.29. The Balaban J connectivity index is 1.47. The fourth-order valence-corrected chi connectivity index (χ4v) is 3.78.